The number of nitrogens with one attached hydrogen (secondary N) is 1. The number of amides is 1. The van der Waals surface area contributed by atoms with Crippen molar-refractivity contribution >= 4 is 16.8 Å². The molecule has 1 aliphatic rings. The molecule has 0 saturated carbocycles. The molecule has 1 atom stereocenters. The summed E-state index contributed by atoms with van der Waals surface area (Å²) in [7, 11) is 3.95. The van der Waals surface area contributed by atoms with Crippen molar-refractivity contribution in [1.82, 2.24) is 25.0 Å². The lowest BCUT2D eigenvalue weighted by Gasteiger charge is -2.36. The van der Waals surface area contributed by atoms with E-state index in [2.05, 4.69) is 22.4 Å². The normalized spacial score (nSPS) is 15.2. The SMILES string of the molecule is Cc1ccc(OC2CN(C)C2)cc1C(=O)N[C@H](C)c1cc(-c2cnn(C)c2)nc2ccccc12. The number of likely N-dealkylation sites (tertiary alicyclic amines) is 1. The lowest BCUT2D eigenvalue weighted by Crippen LogP contribution is -2.51. The molecule has 2 aromatic heterocycles. The first-order chi connectivity index (χ1) is 16.4. The molecule has 2 aromatic carbocycles. The Morgan fingerprint density at radius 1 is 1.15 bits per heavy atom. The molecule has 0 radical (unpaired) electrons. The van der Waals surface area contributed by atoms with Gasteiger partial charge in [-0.3, -0.25) is 14.4 Å². The van der Waals surface area contributed by atoms with Crippen LogP contribution in [0.2, 0.25) is 0 Å². The largest absolute Gasteiger partial charge is 0.488 e. The minimum absolute atomic E-state index is 0.120. The maximum Gasteiger partial charge on any atom is 0.252 e. The van der Waals surface area contributed by atoms with Crippen molar-refractivity contribution in [3.05, 3.63) is 77.6 Å². The number of benzene rings is 2. The van der Waals surface area contributed by atoms with Crippen LogP contribution in [0, 0.1) is 6.92 Å². The average Bonchev–Trinajstić information content (AvgIpc) is 3.24. The van der Waals surface area contributed by atoms with Crippen LogP contribution in [0.3, 0.4) is 0 Å². The number of fused-ring (bicyclic) bond motifs is 1. The Morgan fingerprint density at radius 3 is 2.68 bits per heavy atom. The number of carbonyl (C=O) groups excluding carboxylic acids is 1. The van der Waals surface area contributed by atoms with Crippen molar-refractivity contribution in [2.45, 2.75) is 26.0 Å². The maximum absolute atomic E-state index is 13.3. The maximum atomic E-state index is 13.3. The third-order valence-corrected chi connectivity index (χ3v) is 6.35. The van der Waals surface area contributed by atoms with Crippen molar-refractivity contribution in [3.8, 4) is 17.0 Å². The fourth-order valence-electron chi connectivity index (χ4n) is 4.44. The van der Waals surface area contributed by atoms with E-state index >= 15 is 0 Å². The molecular formula is C27H29N5O2. The van der Waals surface area contributed by atoms with Gasteiger partial charge in [0, 0.05) is 42.8 Å². The molecule has 7 nitrogen and oxygen atoms in total. The fourth-order valence-corrected chi connectivity index (χ4v) is 4.44. The number of para-hydroxylation sites is 1. The molecular weight excluding hydrogens is 426 g/mol. The number of aryl methyl sites for hydroxylation is 2. The molecule has 174 valence electrons. The number of nitrogens with zero attached hydrogens (tertiary/aromatic N) is 4. The van der Waals surface area contributed by atoms with Crippen LogP contribution in [0.4, 0.5) is 0 Å². The van der Waals surface area contributed by atoms with Crippen LogP contribution < -0.4 is 10.1 Å². The molecule has 1 aliphatic heterocycles. The summed E-state index contributed by atoms with van der Waals surface area (Å²) in [6.07, 6.45) is 3.93. The molecule has 7 heteroatoms. The van der Waals surface area contributed by atoms with Crippen LogP contribution >= 0.6 is 0 Å². The van der Waals surface area contributed by atoms with Crippen LogP contribution in [-0.4, -0.2) is 51.8 Å². The molecule has 0 bridgehead atoms. The molecule has 1 saturated heterocycles. The molecule has 5 rings (SSSR count). The zero-order chi connectivity index (χ0) is 23.8. The number of ether oxygens (including phenoxy) is 1. The van der Waals surface area contributed by atoms with Gasteiger partial charge in [-0.2, -0.15) is 5.10 Å². The quantitative estimate of drug-likeness (QED) is 0.473. The van der Waals surface area contributed by atoms with Gasteiger partial charge in [0.25, 0.3) is 5.91 Å². The third-order valence-electron chi connectivity index (χ3n) is 6.35. The summed E-state index contributed by atoms with van der Waals surface area (Å²) in [5.74, 6) is 0.611. The summed E-state index contributed by atoms with van der Waals surface area (Å²) >= 11 is 0. The van der Waals surface area contributed by atoms with Gasteiger partial charge in [-0.05, 0) is 56.3 Å². The number of hydrogen-bond donors (Lipinski definition) is 1. The predicted molar refractivity (Wildman–Crippen MR) is 133 cm³/mol. The first kappa shape index (κ1) is 22.1. The van der Waals surface area contributed by atoms with E-state index < -0.39 is 0 Å². The summed E-state index contributed by atoms with van der Waals surface area (Å²) in [4.78, 5) is 20.3. The van der Waals surface area contributed by atoms with Gasteiger partial charge < -0.3 is 10.1 Å². The van der Waals surface area contributed by atoms with Crippen LogP contribution in [-0.2, 0) is 7.05 Å². The van der Waals surface area contributed by atoms with E-state index in [1.807, 2.05) is 75.6 Å². The zero-order valence-corrected chi connectivity index (χ0v) is 19.9. The van der Waals surface area contributed by atoms with Crippen LogP contribution in [0.25, 0.3) is 22.2 Å². The monoisotopic (exact) mass is 455 g/mol. The molecule has 1 amide bonds. The van der Waals surface area contributed by atoms with Gasteiger partial charge in [0.2, 0.25) is 0 Å². The Hall–Kier alpha value is -3.71. The van der Waals surface area contributed by atoms with Crippen molar-refractivity contribution in [1.29, 1.82) is 0 Å². The molecule has 0 unspecified atom stereocenters. The van der Waals surface area contributed by atoms with E-state index in [4.69, 9.17) is 9.72 Å². The summed E-state index contributed by atoms with van der Waals surface area (Å²) < 4.78 is 7.80. The molecule has 4 aromatic rings. The highest BCUT2D eigenvalue weighted by atomic mass is 16.5. The number of rotatable bonds is 6. The zero-order valence-electron chi connectivity index (χ0n) is 19.9. The minimum atomic E-state index is -0.222. The lowest BCUT2D eigenvalue weighted by atomic mass is 9.99. The number of carbonyl (C=O) groups is 1. The van der Waals surface area contributed by atoms with Gasteiger partial charge in [0.15, 0.2) is 0 Å². The number of likely N-dealkylation sites (N-methyl/N-ethyl adjacent to an activating group) is 1. The number of pyridine rings is 1. The highest BCUT2D eigenvalue weighted by Crippen LogP contribution is 2.29. The molecule has 0 aliphatic carbocycles. The Morgan fingerprint density at radius 2 is 1.94 bits per heavy atom. The van der Waals surface area contributed by atoms with E-state index in [1.165, 1.54) is 0 Å². The van der Waals surface area contributed by atoms with E-state index in [-0.39, 0.29) is 18.1 Å². The summed E-state index contributed by atoms with van der Waals surface area (Å²) in [6.45, 7) is 5.76. The van der Waals surface area contributed by atoms with E-state index in [0.717, 1.165) is 52.1 Å². The van der Waals surface area contributed by atoms with Gasteiger partial charge >= 0.3 is 0 Å². The topological polar surface area (TPSA) is 72.3 Å². The van der Waals surface area contributed by atoms with Gasteiger partial charge in [0.05, 0.1) is 23.4 Å². The first-order valence-corrected chi connectivity index (χ1v) is 11.5. The van der Waals surface area contributed by atoms with Gasteiger partial charge in [-0.15, -0.1) is 0 Å². The molecule has 34 heavy (non-hydrogen) atoms. The highest BCUT2D eigenvalue weighted by Gasteiger charge is 2.25. The summed E-state index contributed by atoms with van der Waals surface area (Å²) in [5.41, 5.74) is 5.22. The highest BCUT2D eigenvalue weighted by molar-refractivity contribution is 5.96. The van der Waals surface area contributed by atoms with Crippen molar-refractivity contribution in [2.75, 3.05) is 20.1 Å². The Kier molecular flexibility index (Phi) is 5.79. The van der Waals surface area contributed by atoms with Gasteiger partial charge in [-0.1, -0.05) is 24.3 Å². The lowest BCUT2D eigenvalue weighted by molar-refractivity contribution is 0.0387. The van der Waals surface area contributed by atoms with Crippen molar-refractivity contribution in [3.63, 3.8) is 0 Å². The summed E-state index contributed by atoms with van der Waals surface area (Å²) in [6, 6.07) is 15.6. The smallest absolute Gasteiger partial charge is 0.252 e. The minimum Gasteiger partial charge on any atom is -0.488 e. The van der Waals surface area contributed by atoms with E-state index in [9.17, 15) is 4.79 Å². The number of aromatic nitrogens is 3. The second-order valence-electron chi connectivity index (χ2n) is 9.15. The van der Waals surface area contributed by atoms with Gasteiger partial charge in [-0.25, -0.2) is 4.98 Å². The van der Waals surface area contributed by atoms with Crippen LogP contribution in [0.15, 0.2) is 60.9 Å². The average molecular weight is 456 g/mol. The van der Waals surface area contributed by atoms with E-state index in [0.29, 0.717) is 5.56 Å². The standard InChI is InChI=1S/C27H29N5O2/c1-17-9-10-20(34-21-15-31(3)16-21)11-23(17)27(33)29-18(2)24-12-26(19-13-28-32(4)14-19)30-25-8-6-5-7-22(24)25/h5-14,18,21H,15-16H2,1-4H3,(H,29,33)/t18-/m1/s1. The Balaban J connectivity index is 1.42. The second-order valence-corrected chi connectivity index (χ2v) is 9.15. The van der Waals surface area contributed by atoms with Crippen molar-refractivity contribution in [2.24, 2.45) is 7.05 Å². The number of hydrogen-bond acceptors (Lipinski definition) is 5. The molecule has 0 spiro atoms. The Labute approximate surface area is 199 Å². The predicted octanol–water partition coefficient (Wildman–Crippen LogP) is 4.13. The van der Waals surface area contributed by atoms with Crippen molar-refractivity contribution < 1.29 is 9.53 Å². The molecule has 1 N–H and O–H groups in total. The van der Waals surface area contributed by atoms with E-state index in [1.54, 1.807) is 10.9 Å². The molecule has 1 fully saturated rings. The fraction of sp³-hybridized carbons (Fsp3) is 0.296. The Bertz CT molecular complexity index is 1360. The van der Waals surface area contributed by atoms with Gasteiger partial charge in [0.1, 0.15) is 11.9 Å². The third kappa shape index (κ3) is 4.39. The second kappa shape index (κ2) is 8.91. The van der Waals surface area contributed by atoms with Crippen LogP contribution in [0.1, 0.15) is 34.5 Å². The molecule has 3 heterocycles. The van der Waals surface area contributed by atoms with Crippen LogP contribution in [0.5, 0.6) is 5.75 Å². The first-order valence-electron chi connectivity index (χ1n) is 11.5. The summed E-state index contributed by atoms with van der Waals surface area (Å²) in [5, 5.41) is 8.49.